The molecule has 0 saturated heterocycles. The molecule has 1 aromatic carbocycles. The van der Waals surface area contributed by atoms with Crippen LogP contribution in [0.4, 0.5) is 4.79 Å². The zero-order valence-corrected chi connectivity index (χ0v) is 16.8. The average Bonchev–Trinajstić information content (AvgIpc) is 2.96. The van der Waals surface area contributed by atoms with E-state index in [1.165, 1.54) is 9.80 Å². The minimum Gasteiger partial charge on any atom is -0.351 e. The van der Waals surface area contributed by atoms with E-state index in [9.17, 15) is 14.4 Å². The van der Waals surface area contributed by atoms with Crippen LogP contribution in [0.3, 0.4) is 0 Å². The Morgan fingerprint density at radius 1 is 1.39 bits per heavy atom. The molecule has 0 saturated carbocycles. The van der Waals surface area contributed by atoms with Gasteiger partial charge < -0.3 is 15.5 Å². The first-order valence-electron chi connectivity index (χ1n) is 8.80. The van der Waals surface area contributed by atoms with Gasteiger partial charge in [0.15, 0.2) is 0 Å². The van der Waals surface area contributed by atoms with Gasteiger partial charge in [0.1, 0.15) is 6.54 Å². The number of nitrogens with zero attached hydrogens (tertiary/aromatic N) is 2. The second kappa shape index (κ2) is 8.24. The lowest BCUT2D eigenvalue weighted by molar-refractivity contribution is -0.131. The van der Waals surface area contributed by atoms with Crippen LogP contribution in [0, 0.1) is 0 Å². The highest BCUT2D eigenvalue weighted by atomic mass is 35.5. The van der Waals surface area contributed by atoms with E-state index in [1.807, 2.05) is 6.92 Å². The number of benzene rings is 1. The van der Waals surface area contributed by atoms with Crippen molar-refractivity contribution < 1.29 is 14.4 Å². The molecule has 0 fully saturated rings. The Hall–Kier alpha value is -2.51. The van der Waals surface area contributed by atoms with Crippen molar-refractivity contribution in [2.24, 2.45) is 0 Å². The van der Waals surface area contributed by atoms with E-state index < -0.39 is 6.04 Å². The van der Waals surface area contributed by atoms with Crippen LogP contribution in [0.5, 0.6) is 0 Å². The van der Waals surface area contributed by atoms with Crippen LogP contribution in [0.15, 0.2) is 42.1 Å². The van der Waals surface area contributed by atoms with Gasteiger partial charge in [0, 0.05) is 23.1 Å². The number of hydrogen-bond acceptors (Lipinski definition) is 3. The van der Waals surface area contributed by atoms with E-state index in [2.05, 4.69) is 17.2 Å². The molecule has 148 valence electrons. The fraction of sp³-hybridized carbons (Fsp3) is 0.316. The van der Waals surface area contributed by atoms with Crippen LogP contribution in [-0.4, -0.2) is 53.8 Å². The smallest absolute Gasteiger partial charge is 0.322 e. The van der Waals surface area contributed by atoms with Crippen molar-refractivity contribution in [3.05, 3.63) is 57.7 Å². The van der Waals surface area contributed by atoms with Crippen molar-refractivity contribution in [3.63, 3.8) is 0 Å². The highest BCUT2D eigenvalue weighted by molar-refractivity contribution is 6.35. The predicted octanol–water partition coefficient (Wildman–Crippen LogP) is 2.48. The van der Waals surface area contributed by atoms with E-state index in [-0.39, 0.29) is 30.9 Å². The molecule has 0 bridgehead atoms. The molecular weight excluding hydrogens is 403 g/mol. The highest BCUT2D eigenvalue weighted by Gasteiger charge is 2.44. The standard InChI is InChI=1S/C19H20Cl2N4O3/c1-3-7-22-15(26)10-24-9-14-16(18(24)27)17(23-19(28)25(14)4-2)12-6-5-11(20)8-13(12)21/h3,5-6,8,17H,1,4,7,9-10H2,2H3,(H,22,26)(H,23,28). The van der Waals surface area contributed by atoms with E-state index in [4.69, 9.17) is 23.2 Å². The third-order valence-electron chi connectivity index (χ3n) is 4.66. The van der Waals surface area contributed by atoms with Crippen molar-refractivity contribution in [2.45, 2.75) is 13.0 Å². The first-order valence-corrected chi connectivity index (χ1v) is 9.55. The second-order valence-electron chi connectivity index (χ2n) is 6.41. The number of amides is 4. The van der Waals surface area contributed by atoms with Gasteiger partial charge in [0.05, 0.1) is 23.9 Å². The Kier molecular flexibility index (Phi) is 5.96. The van der Waals surface area contributed by atoms with Crippen LogP contribution in [0.25, 0.3) is 0 Å². The molecule has 0 radical (unpaired) electrons. The fourth-order valence-corrected chi connectivity index (χ4v) is 3.91. The Morgan fingerprint density at radius 3 is 2.79 bits per heavy atom. The number of carbonyl (C=O) groups is 3. The number of urea groups is 1. The molecule has 2 aliphatic rings. The predicted molar refractivity (Wildman–Crippen MR) is 107 cm³/mol. The van der Waals surface area contributed by atoms with Gasteiger partial charge in [-0.2, -0.15) is 0 Å². The first kappa shape index (κ1) is 20.2. The average molecular weight is 423 g/mol. The van der Waals surface area contributed by atoms with Gasteiger partial charge in [0.25, 0.3) is 5.91 Å². The molecular formula is C19H20Cl2N4O3. The molecule has 1 atom stereocenters. The summed E-state index contributed by atoms with van der Waals surface area (Å²) in [4.78, 5) is 40.7. The maximum absolute atomic E-state index is 13.1. The van der Waals surface area contributed by atoms with Gasteiger partial charge in [0.2, 0.25) is 5.91 Å². The fourth-order valence-electron chi connectivity index (χ4n) is 3.39. The number of hydrogen-bond donors (Lipinski definition) is 2. The molecule has 2 aliphatic heterocycles. The normalized spacial score (nSPS) is 18.9. The lowest BCUT2D eigenvalue weighted by atomic mass is 9.95. The third kappa shape index (κ3) is 3.72. The SMILES string of the molecule is C=CCNC(=O)CN1CC2=C(C1=O)C(c1ccc(Cl)cc1Cl)NC(=O)N2CC. The number of rotatable bonds is 6. The summed E-state index contributed by atoms with van der Waals surface area (Å²) in [6.45, 7) is 6.16. The number of likely N-dealkylation sites (N-methyl/N-ethyl adjacent to an activating group) is 1. The summed E-state index contributed by atoms with van der Waals surface area (Å²) >= 11 is 12.3. The van der Waals surface area contributed by atoms with Crippen LogP contribution >= 0.6 is 23.2 Å². The minimum absolute atomic E-state index is 0.105. The molecule has 0 aromatic heterocycles. The zero-order valence-electron chi connectivity index (χ0n) is 15.3. The van der Waals surface area contributed by atoms with E-state index in [0.29, 0.717) is 40.0 Å². The van der Waals surface area contributed by atoms with E-state index >= 15 is 0 Å². The van der Waals surface area contributed by atoms with Gasteiger partial charge >= 0.3 is 6.03 Å². The summed E-state index contributed by atoms with van der Waals surface area (Å²) in [7, 11) is 0. The second-order valence-corrected chi connectivity index (χ2v) is 7.25. The number of carbonyl (C=O) groups excluding carboxylic acids is 3. The monoisotopic (exact) mass is 422 g/mol. The summed E-state index contributed by atoms with van der Waals surface area (Å²) in [6, 6.07) is 3.89. The maximum Gasteiger partial charge on any atom is 0.322 e. The Morgan fingerprint density at radius 2 is 2.14 bits per heavy atom. The molecule has 2 N–H and O–H groups in total. The van der Waals surface area contributed by atoms with E-state index in [0.717, 1.165) is 0 Å². The first-order chi connectivity index (χ1) is 13.4. The summed E-state index contributed by atoms with van der Waals surface area (Å²) in [5.74, 6) is -0.602. The lowest BCUT2D eigenvalue weighted by Gasteiger charge is -2.33. The molecule has 1 aromatic rings. The summed E-state index contributed by atoms with van der Waals surface area (Å²) in [5, 5.41) is 6.30. The molecule has 1 unspecified atom stereocenters. The van der Waals surface area contributed by atoms with Gasteiger partial charge in [-0.05, 0) is 24.6 Å². The largest absolute Gasteiger partial charge is 0.351 e. The van der Waals surface area contributed by atoms with Crippen molar-refractivity contribution in [1.82, 2.24) is 20.4 Å². The van der Waals surface area contributed by atoms with Gasteiger partial charge in [-0.1, -0.05) is 35.3 Å². The van der Waals surface area contributed by atoms with Gasteiger partial charge in [-0.3, -0.25) is 14.5 Å². The van der Waals surface area contributed by atoms with Crippen LogP contribution in [0.2, 0.25) is 10.0 Å². The molecule has 3 rings (SSSR count). The van der Waals surface area contributed by atoms with Crippen molar-refractivity contribution in [1.29, 1.82) is 0 Å². The molecule has 28 heavy (non-hydrogen) atoms. The van der Waals surface area contributed by atoms with Crippen molar-refractivity contribution in [2.75, 3.05) is 26.2 Å². The summed E-state index contributed by atoms with van der Waals surface area (Å²) in [6.07, 6.45) is 1.56. The maximum atomic E-state index is 13.1. The van der Waals surface area contributed by atoms with Crippen LogP contribution in [-0.2, 0) is 9.59 Å². The van der Waals surface area contributed by atoms with Crippen LogP contribution in [0.1, 0.15) is 18.5 Å². The number of halogens is 2. The number of nitrogens with one attached hydrogen (secondary N) is 2. The Labute approximate surface area is 172 Å². The Bertz CT molecular complexity index is 884. The molecule has 0 spiro atoms. The minimum atomic E-state index is -0.705. The quantitative estimate of drug-likeness (QED) is 0.690. The molecule has 2 heterocycles. The molecule has 9 heteroatoms. The third-order valence-corrected chi connectivity index (χ3v) is 5.23. The topological polar surface area (TPSA) is 81.8 Å². The van der Waals surface area contributed by atoms with Crippen molar-refractivity contribution in [3.8, 4) is 0 Å². The van der Waals surface area contributed by atoms with Crippen molar-refractivity contribution >= 4 is 41.0 Å². The van der Waals surface area contributed by atoms with Crippen LogP contribution < -0.4 is 10.6 Å². The highest BCUT2D eigenvalue weighted by Crippen LogP contribution is 2.39. The summed E-state index contributed by atoms with van der Waals surface area (Å²) in [5.41, 5.74) is 1.58. The molecule has 0 aliphatic carbocycles. The molecule has 7 nitrogen and oxygen atoms in total. The molecule has 4 amide bonds. The van der Waals surface area contributed by atoms with E-state index in [1.54, 1.807) is 24.3 Å². The van der Waals surface area contributed by atoms with Gasteiger partial charge in [-0.25, -0.2) is 4.79 Å². The zero-order chi connectivity index (χ0) is 20.4. The van der Waals surface area contributed by atoms with Gasteiger partial charge in [-0.15, -0.1) is 6.58 Å². The Balaban J connectivity index is 1.95. The lowest BCUT2D eigenvalue weighted by Crippen LogP contribution is -2.47. The summed E-state index contributed by atoms with van der Waals surface area (Å²) < 4.78 is 0.